The van der Waals surface area contributed by atoms with Crippen LogP contribution in [0.5, 0.6) is 0 Å². The van der Waals surface area contributed by atoms with Crippen LogP contribution < -0.4 is 5.56 Å². The van der Waals surface area contributed by atoms with E-state index in [1.165, 1.54) is 0 Å². The lowest BCUT2D eigenvalue weighted by Gasteiger charge is -2.08. The molecule has 6 heteroatoms. The first-order valence-corrected chi connectivity index (χ1v) is 6.93. The molecule has 0 aromatic carbocycles. The van der Waals surface area contributed by atoms with Crippen LogP contribution in [0.25, 0.3) is 11.4 Å². The summed E-state index contributed by atoms with van der Waals surface area (Å²) in [6.45, 7) is 6.87. The molecular weight excluding hydrogens is 343 g/mol. The average molecular weight is 358 g/mol. The van der Waals surface area contributed by atoms with Gasteiger partial charge in [-0.15, -0.1) is 0 Å². The Bertz CT molecular complexity index is 615. The number of aromatic nitrogens is 4. The van der Waals surface area contributed by atoms with Crippen molar-refractivity contribution in [3.63, 3.8) is 0 Å². The summed E-state index contributed by atoms with van der Waals surface area (Å²) >= 11 is 2.04. The Morgan fingerprint density at radius 3 is 2.78 bits per heavy atom. The molecule has 2 aromatic heterocycles. The maximum absolute atomic E-state index is 11.9. The molecule has 2 rings (SSSR count). The molecular formula is C12H15IN4O. The summed E-state index contributed by atoms with van der Waals surface area (Å²) in [6.07, 6.45) is 3.61. The van der Waals surface area contributed by atoms with Crippen molar-refractivity contribution in [1.82, 2.24) is 19.7 Å². The zero-order valence-corrected chi connectivity index (χ0v) is 12.7. The Hall–Kier alpha value is -1.18. The van der Waals surface area contributed by atoms with Gasteiger partial charge in [-0.25, -0.2) is 4.98 Å². The SMILES string of the molecule is CCn1cc(-c2nc(C(C)C)c(I)c(=O)[nH]2)cn1. The number of hydrogen-bond acceptors (Lipinski definition) is 3. The lowest BCUT2D eigenvalue weighted by Crippen LogP contribution is -2.17. The van der Waals surface area contributed by atoms with E-state index in [1.807, 2.05) is 54.2 Å². The fourth-order valence-electron chi connectivity index (χ4n) is 1.65. The van der Waals surface area contributed by atoms with Crippen LogP contribution in [0, 0.1) is 3.57 Å². The second-order valence-corrected chi connectivity index (χ2v) is 5.43. The minimum atomic E-state index is -0.0893. The first-order chi connectivity index (χ1) is 8.52. The van der Waals surface area contributed by atoms with Gasteiger partial charge in [0.2, 0.25) is 0 Å². The van der Waals surface area contributed by atoms with Gasteiger partial charge in [-0.3, -0.25) is 9.48 Å². The first-order valence-electron chi connectivity index (χ1n) is 5.85. The molecule has 5 nitrogen and oxygen atoms in total. The van der Waals surface area contributed by atoms with E-state index in [-0.39, 0.29) is 11.5 Å². The summed E-state index contributed by atoms with van der Waals surface area (Å²) in [4.78, 5) is 19.2. The average Bonchev–Trinajstić information content (AvgIpc) is 2.80. The monoisotopic (exact) mass is 358 g/mol. The van der Waals surface area contributed by atoms with Gasteiger partial charge < -0.3 is 4.98 Å². The number of aryl methyl sites for hydroxylation is 1. The molecule has 0 saturated carbocycles. The molecule has 0 bridgehead atoms. The van der Waals surface area contributed by atoms with E-state index in [9.17, 15) is 4.79 Å². The van der Waals surface area contributed by atoms with Gasteiger partial charge in [0.1, 0.15) is 5.82 Å². The van der Waals surface area contributed by atoms with Crippen molar-refractivity contribution in [3.8, 4) is 11.4 Å². The van der Waals surface area contributed by atoms with Gasteiger partial charge >= 0.3 is 0 Å². The van der Waals surface area contributed by atoms with Gasteiger partial charge in [0.15, 0.2) is 0 Å². The van der Waals surface area contributed by atoms with Crippen LogP contribution in [0.3, 0.4) is 0 Å². The standard InChI is InChI=1S/C12H15IN4O/c1-4-17-6-8(5-14-17)11-15-10(7(2)3)9(13)12(18)16-11/h5-7H,4H2,1-3H3,(H,15,16,18). The molecule has 0 saturated heterocycles. The van der Waals surface area contributed by atoms with Gasteiger partial charge in [-0.1, -0.05) is 13.8 Å². The van der Waals surface area contributed by atoms with Crippen LogP contribution in [0.1, 0.15) is 32.4 Å². The zero-order valence-electron chi connectivity index (χ0n) is 10.6. The molecule has 18 heavy (non-hydrogen) atoms. The molecule has 96 valence electrons. The number of halogens is 1. The van der Waals surface area contributed by atoms with Crippen molar-refractivity contribution in [2.75, 3.05) is 0 Å². The summed E-state index contributed by atoms with van der Waals surface area (Å²) in [7, 11) is 0. The second kappa shape index (κ2) is 5.21. The molecule has 0 aliphatic rings. The normalized spacial score (nSPS) is 11.2. The van der Waals surface area contributed by atoms with Crippen molar-refractivity contribution < 1.29 is 0 Å². The molecule has 0 aliphatic carbocycles. The summed E-state index contributed by atoms with van der Waals surface area (Å²) in [5, 5.41) is 4.19. The predicted octanol–water partition coefficient (Wildman–Crippen LogP) is 2.38. The fraction of sp³-hybridized carbons (Fsp3) is 0.417. The quantitative estimate of drug-likeness (QED) is 0.857. The minimum Gasteiger partial charge on any atom is -0.306 e. The third-order valence-corrected chi connectivity index (χ3v) is 3.71. The first kappa shape index (κ1) is 13.3. The summed E-state index contributed by atoms with van der Waals surface area (Å²) < 4.78 is 2.47. The van der Waals surface area contributed by atoms with Crippen LogP contribution in [0.15, 0.2) is 17.2 Å². The van der Waals surface area contributed by atoms with E-state index in [4.69, 9.17) is 0 Å². The van der Waals surface area contributed by atoms with Gasteiger partial charge in [0.05, 0.1) is 21.0 Å². The van der Waals surface area contributed by atoms with Crippen molar-refractivity contribution in [3.05, 3.63) is 32.0 Å². The molecule has 2 heterocycles. The Kier molecular flexibility index (Phi) is 3.84. The van der Waals surface area contributed by atoms with Crippen LogP contribution in [0.4, 0.5) is 0 Å². The van der Waals surface area contributed by atoms with Gasteiger partial charge in [0, 0.05) is 12.7 Å². The molecule has 0 radical (unpaired) electrons. The van der Waals surface area contributed by atoms with E-state index in [2.05, 4.69) is 15.1 Å². The Labute approximate surface area is 119 Å². The van der Waals surface area contributed by atoms with Crippen molar-refractivity contribution in [2.24, 2.45) is 0 Å². The van der Waals surface area contributed by atoms with E-state index < -0.39 is 0 Å². The van der Waals surface area contributed by atoms with E-state index in [0.29, 0.717) is 9.39 Å². The van der Waals surface area contributed by atoms with E-state index in [0.717, 1.165) is 17.8 Å². The summed E-state index contributed by atoms with van der Waals surface area (Å²) in [5.74, 6) is 0.808. The third-order valence-electron chi connectivity index (χ3n) is 2.67. The smallest absolute Gasteiger partial charge is 0.264 e. The molecule has 0 unspecified atom stereocenters. The van der Waals surface area contributed by atoms with Gasteiger partial charge in [-0.05, 0) is 35.4 Å². The van der Waals surface area contributed by atoms with E-state index >= 15 is 0 Å². The zero-order chi connectivity index (χ0) is 13.3. The Balaban J connectivity index is 2.55. The molecule has 0 atom stereocenters. The van der Waals surface area contributed by atoms with Crippen LogP contribution in [0.2, 0.25) is 0 Å². The topological polar surface area (TPSA) is 63.6 Å². The second-order valence-electron chi connectivity index (χ2n) is 4.35. The highest BCUT2D eigenvalue weighted by Crippen LogP contribution is 2.19. The van der Waals surface area contributed by atoms with Crippen molar-refractivity contribution >= 4 is 22.6 Å². The summed E-state index contributed by atoms with van der Waals surface area (Å²) in [5.41, 5.74) is 1.58. The van der Waals surface area contributed by atoms with Crippen molar-refractivity contribution in [2.45, 2.75) is 33.2 Å². The Morgan fingerprint density at radius 1 is 1.50 bits per heavy atom. The molecule has 0 spiro atoms. The summed E-state index contributed by atoms with van der Waals surface area (Å²) in [6, 6.07) is 0. The van der Waals surface area contributed by atoms with Gasteiger partial charge in [-0.2, -0.15) is 5.10 Å². The lowest BCUT2D eigenvalue weighted by molar-refractivity contribution is 0.660. The highest BCUT2D eigenvalue weighted by Gasteiger charge is 2.13. The van der Waals surface area contributed by atoms with Crippen LogP contribution >= 0.6 is 22.6 Å². The number of aromatic amines is 1. The number of nitrogens with one attached hydrogen (secondary N) is 1. The Morgan fingerprint density at radius 2 is 2.22 bits per heavy atom. The molecule has 0 amide bonds. The highest BCUT2D eigenvalue weighted by atomic mass is 127. The maximum atomic E-state index is 11.9. The van der Waals surface area contributed by atoms with Crippen LogP contribution in [-0.2, 0) is 6.54 Å². The number of rotatable bonds is 3. The molecule has 0 fully saturated rings. The van der Waals surface area contributed by atoms with Gasteiger partial charge in [0.25, 0.3) is 5.56 Å². The molecule has 1 N–H and O–H groups in total. The van der Waals surface area contributed by atoms with E-state index in [1.54, 1.807) is 6.20 Å². The lowest BCUT2D eigenvalue weighted by atomic mass is 10.1. The molecule has 0 aliphatic heterocycles. The fourth-order valence-corrected chi connectivity index (χ4v) is 2.53. The maximum Gasteiger partial charge on any atom is 0.264 e. The van der Waals surface area contributed by atoms with Crippen molar-refractivity contribution in [1.29, 1.82) is 0 Å². The number of H-pyrrole nitrogens is 1. The number of nitrogens with zero attached hydrogens (tertiary/aromatic N) is 3. The largest absolute Gasteiger partial charge is 0.306 e. The molecule has 2 aromatic rings. The predicted molar refractivity (Wildman–Crippen MR) is 78.6 cm³/mol. The van der Waals surface area contributed by atoms with Crippen LogP contribution in [-0.4, -0.2) is 19.7 Å². The third kappa shape index (κ3) is 2.47. The minimum absolute atomic E-state index is 0.0893. The highest BCUT2D eigenvalue weighted by molar-refractivity contribution is 14.1. The number of hydrogen-bond donors (Lipinski definition) is 1.